The van der Waals surface area contributed by atoms with Gasteiger partial charge in [-0.2, -0.15) is 0 Å². The Hall–Kier alpha value is -3.30. The molecule has 1 aromatic heterocycles. The topological polar surface area (TPSA) is 39.4 Å². The maximum absolute atomic E-state index is 11.5. The molecule has 0 amide bonds. The van der Waals surface area contributed by atoms with Crippen LogP contribution in [0.1, 0.15) is 21.5 Å². The molecule has 0 N–H and O–H groups in total. The number of furan rings is 1. The third kappa shape index (κ3) is 3.85. The van der Waals surface area contributed by atoms with Gasteiger partial charge in [0.2, 0.25) is 0 Å². The highest BCUT2D eigenvalue weighted by molar-refractivity contribution is 6.31. The van der Waals surface area contributed by atoms with Crippen molar-refractivity contribution in [1.29, 1.82) is 0 Å². The summed E-state index contributed by atoms with van der Waals surface area (Å²) in [6.45, 7) is 0. The zero-order chi connectivity index (χ0) is 19.5. The standard InChI is InChI=1S/C24H17ClO3/c1-27-24(26)19-10-6-17(7-11-19)3-2-16-4-8-18(9-5-16)23-15-20-14-21(25)12-13-22(20)28-23/h2-15H,1H3. The van der Waals surface area contributed by atoms with Crippen LogP contribution in [-0.2, 0) is 4.74 Å². The van der Waals surface area contributed by atoms with Crippen molar-refractivity contribution in [3.8, 4) is 11.3 Å². The zero-order valence-electron chi connectivity index (χ0n) is 15.2. The van der Waals surface area contributed by atoms with Crippen molar-refractivity contribution >= 4 is 40.7 Å². The van der Waals surface area contributed by atoms with Gasteiger partial charge in [-0.05, 0) is 47.5 Å². The van der Waals surface area contributed by atoms with E-state index in [9.17, 15) is 4.79 Å². The number of ether oxygens (including phenoxy) is 1. The highest BCUT2D eigenvalue weighted by Crippen LogP contribution is 2.29. The number of halogens is 1. The molecule has 4 heteroatoms. The van der Waals surface area contributed by atoms with E-state index >= 15 is 0 Å². The van der Waals surface area contributed by atoms with Crippen LogP contribution in [0, 0.1) is 0 Å². The van der Waals surface area contributed by atoms with Gasteiger partial charge >= 0.3 is 5.97 Å². The van der Waals surface area contributed by atoms with Gasteiger partial charge in [-0.15, -0.1) is 0 Å². The highest BCUT2D eigenvalue weighted by Gasteiger charge is 2.07. The number of esters is 1. The van der Waals surface area contributed by atoms with E-state index in [2.05, 4.69) is 0 Å². The lowest BCUT2D eigenvalue weighted by molar-refractivity contribution is 0.0600. The Bertz CT molecular complexity index is 1150. The van der Waals surface area contributed by atoms with E-state index < -0.39 is 0 Å². The third-order valence-electron chi connectivity index (χ3n) is 4.47. The van der Waals surface area contributed by atoms with Crippen molar-refractivity contribution < 1.29 is 13.9 Å². The minimum atomic E-state index is -0.334. The van der Waals surface area contributed by atoms with Crippen molar-refractivity contribution in [2.75, 3.05) is 7.11 Å². The molecule has 0 unspecified atom stereocenters. The second-order valence-corrected chi connectivity index (χ2v) is 6.80. The van der Waals surface area contributed by atoms with Gasteiger partial charge in [-0.3, -0.25) is 0 Å². The maximum Gasteiger partial charge on any atom is 0.337 e. The molecule has 3 aromatic carbocycles. The minimum absolute atomic E-state index is 0.334. The molecule has 0 saturated heterocycles. The van der Waals surface area contributed by atoms with E-state index in [4.69, 9.17) is 20.8 Å². The summed E-state index contributed by atoms with van der Waals surface area (Å²) in [4.78, 5) is 11.5. The first-order valence-electron chi connectivity index (χ1n) is 8.78. The molecule has 4 aromatic rings. The lowest BCUT2D eigenvalue weighted by Gasteiger charge is -2.00. The molecule has 0 saturated carbocycles. The van der Waals surface area contributed by atoms with Gasteiger partial charge in [0.1, 0.15) is 11.3 Å². The number of fused-ring (bicyclic) bond motifs is 1. The van der Waals surface area contributed by atoms with Crippen LogP contribution in [0.3, 0.4) is 0 Å². The molecule has 0 fully saturated rings. The van der Waals surface area contributed by atoms with Crippen molar-refractivity contribution in [3.05, 3.63) is 94.5 Å². The average molecular weight is 389 g/mol. The lowest BCUT2D eigenvalue weighted by Crippen LogP contribution is -2.00. The largest absolute Gasteiger partial charge is 0.465 e. The molecule has 3 nitrogen and oxygen atoms in total. The summed E-state index contributed by atoms with van der Waals surface area (Å²) in [7, 11) is 1.38. The van der Waals surface area contributed by atoms with E-state index in [1.165, 1.54) is 7.11 Å². The Labute approximate surface area is 167 Å². The van der Waals surface area contributed by atoms with Crippen LogP contribution in [0.4, 0.5) is 0 Å². The smallest absolute Gasteiger partial charge is 0.337 e. The number of carbonyl (C=O) groups excluding carboxylic acids is 1. The SMILES string of the molecule is COC(=O)c1ccc(C=Cc2ccc(-c3cc4cc(Cl)ccc4o3)cc2)cc1. The van der Waals surface area contributed by atoms with Crippen LogP contribution < -0.4 is 0 Å². The summed E-state index contributed by atoms with van der Waals surface area (Å²) in [6, 6.07) is 23.0. The number of benzene rings is 3. The number of carbonyl (C=O) groups is 1. The molecule has 0 aliphatic heterocycles. The first kappa shape index (κ1) is 18.1. The van der Waals surface area contributed by atoms with Gasteiger partial charge in [0.05, 0.1) is 12.7 Å². The van der Waals surface area contributed by atoms with E-state index in [0.29, 0.717) is 10.6 Å². The molecule has 138 valence electrons. The van der Waals surface area contributed by atoms with Crippen LogP contribution in [0.5, 0.6) is 0 Å². The normalized spacial score (nSPS) is 11.2. The first-order valence-corrected chi connectivity index (χ1v) is 9.16. The summed E-state index contributed by atoms with van der Waals surface area (Å²) in [6.07, 6.45) is 4.02. The molecule has 0 atom stereocenters. The van der Waals surface area contributed by atoms with Gasteiger partial charge in [0.15, 0.2) is 0 Å². The van der Waals surface area contributed by atoms with E-state index in [1.54, 1.807) is 12.1 Å². The quantitative estimate of drug-likeness (QED) is 0.288. The number of hydrogen-bond donors (Lipinski definition) is 0. The zero-order valence-corrected chi connectivity index (χ0v) is 15.9. The Kier molecular flexibility index (Phi) is 5.00. The van der Waals surface area contributed by atoms with Gasteiger partial charge in [-0.1, -0.05) is 60.2 Å². The van der Waals surface area contributed by atoms with Crippen LogP contribution in [0.15, 0.2) is 77.2 Å². The van der Waals surface area contributed by atoms with Crippen molar-refractivity contribution in [1.82, 2.24) is 0 Å². The molecule has 0 aliphatic rings. The maximum atomic E-state index is 11.5. The van der Waals surface area contributed by atoms with Crippen LogP contribution in [-0.4, -0.2) is 13.1 Å². The molecule has 4 rings (SSSR count). The lowest BCUT2D eigenvalue weighted by atomic mass is 10.1. The minimum Gasteiger partial charge on any atom is -0.465 e. The van der Waals surface area contributed by atoms with Crippen molar-refractivity contribution in [2.24, 2.45) is 0 Å². The number of hydrogen-bond acceptors (Lipinski definition) is 3. The molecular weight excluding hydrogens is 372 g/mol. The number of rotatable bonds is 4. The molecule has 28 heavy (non-hydrogen) atoms. The Balaban J connectivity index is 1.51. The molecule has 0 spiro atoms. The van der Waals surface area contributed by atoms with Gasteiger partial charge in [-0.25, -0.2) is 4.79 Å². The summed E-state index contributed by atoms with van der Waals surface area (Å²) in [5.74, 6) is 0.477. The Morgan fingerprint density at radius 3 is 2.18 bits per heavy atom. The van der Waals surface area contributed by atoms with Crippen molar-refractivity contribution in [2.45, 2.75) is 0 Å². The number of methoxy groups -OCH3 is 1. The van der Waals surface area contributed by atoms with Gasteiger partial charge in [0.25, 0.3) is 0 Å². The molecule has 0 aliphatic carbocycles. The Morgan fingerprint density at radius 2 is 1.54 bits per heavy atom. The van der Waals surface area contributed by atoms with Gasteiger partial charge in [0, 0.05) is 16.0 Å². The average Bonchev–Trinajstić information content (AvgIpc) is 3.15. The van der Waals surface area contributed by atoms with Crippen LogP contribution in [0.2, 0.25) is 5.02 Å². The van der Waals surface area contributed by atoms with Crippen LogP contribution >= 0.6 is 11.6 Å². The summed E-state index contributed by atoms with van der Waals surface area (Å²) >= 11 is 6.04. The first-order chi connectivity index (χ1) is 13.6. The van der Waals surface area contributed by atoms with E-state index in [1.807, 2.05) is 72.8 Å². The third-order valence-corrected chi connectivity index (χ3v) is 4.71. The second-order valence-electron chi connectivity index (χ2n) is 6.36. The molecule has 1 heterocycles. The summed E-state index contributed by atoms with van der Waals surface area (Å²) < 4.78 is 10.6. The summed E-state index contributed by atoms with van der Waals surface area (Å²) in [5.41, 5.74) is 4.44. The molecular formula is C24H17ClO3. The van der Waals surface area contributed by atoms with E-state index in [-0.39, 0.29) is 5.97 Å². The predicted octanol–water partition coefficient (Wildman–Crippen LogP) is 6.71. The van der Waals surface area contributed by atoms with E-state index in [0.717, 1.165) is 33.4 Å². The fourth-order valence-electron chi connectivity index (χ4n) is 2.96. The predicted molar refractivity (Wildman–Crippen MR) is 113 cm³/mol. The molecule has 0 radical (unpaired) electrons. The monoisotopic (exact) mass is 388 g/mol. The fraction of sp³-hybridized carbons (Fsp3) is 0.0417. The fourth-order valence-corrected chi connectivity index (χ4v) is 3.14. The van der Waals surface area contributed by atoms with Crippen molar-refractivity contribution in [3.63, 3.8) is 0 Å². The van der Waals surface area contributed by atoms with Gasteiger partial charge < -0.3 is 9.15 Å². The summed E-state index contributed by atoms with van der Waals surface area (Å²) in [5, 5.41) is 1.68. The highest BCUT2D eigenvalue weighted by atomic mass is 35.5. The van der Waals surface area contributed by atoms with Crippen LogP contribution in [0.25, 0.3) is 34.4 Å². The Morgan fingerprint density at radius 1 is 0.893 bits per heavy atom. The second kappa shape index (κ2) is 7.75. The molecule has 0 bridgehead atoms.